The van der Waals surface area contributed by atoms with Crippen LogP contribution in [0.15, 0.2) is 194 Å². The van der Waals surface area contributed by atoms with Crippen LogP contribution in [-0.4, -0.2) is 19.5 Å². The van der Waals surface area contributed by atoms with Crippen LogP contribution in [0.3, 0.4) is 0 Å². The standard InChI is InChI=1S/C53H32N4S/c1-3-15-33(16-4-1)42-32-45(38-21-9-10-24-41(38)50(42)57-46-25-13-11-22-39(46)43-29-35-19-7-8-20-36(35)31-47(43)57)53-55-51(34-17-5-2-6-18-34)54-52(56-53)37-27-28-49-44(30-37)40-23-12-14-26-48(40)58-49/h1-32H. The third-order valence-electron chi connectivity index (χ3n) is 11.4. The van der Waals surface area contributed by atoms with Crippen molar-refractivity contribution >= 4 is 74.9 Å². The number of hydrogen-bond donors (Lipinski definition) is 0. The molecule has 0 spiro atoms. The van der Waals surface area contributed by atoms with Gasteiger partial charge in [-0.15, -0.1) is 11.3 Å². The molecule has 12 rings (SSSR count). The van der Waals surface area contributed by atoms with Crippen LogP contribution in [0.1, 0.15) is 0 Å². The molecule has 3 aromatic heterocycles. The van der Waals surface area contributed by atoms with E-state index in [0.717, 1.165) is 49.8 Å². The lowest BCUT2D eigenvalue weighted by molar-refractivity contribution is 1.08. The van der Waals surface area contributed by atoms with Crippen molar-refractivity contribution in [1.29, 1.82) is 0 Å². The van der Waals surface area contributed by atoms with Gasteiger partial charge in [0, 0.05) is 58.6 Å². The first-order valence-corrected chi connectivity index (χ1v) is 20.3. The molecule has 9 aromatic carbocycles. The predicted molar refractivity (Wildman–Crippen MR) is 244 cm³/mol. The number of nitrogens with zero attached hydrogens (tertiary/aromatic N) is 4. The highest BCUT2D eigenvalue weighted by atomic mass is 32.1. The van der Waals surface area contributed by atoms with E-state index in [1.54, 1.807) is 0 Å². The largest absolute Gasteiger partial charge is 0.308 e. The second-order valence-corrected chi connectivity index (χ2v) is 15.9. The van der Waals surface area contributed by atoms with Crippen molar-refractivity contribution in [1.82, 2.24) is 19.5 Å². The van der Waals surface area contributed by atoms with Crippen molar-refractivity contribution in [3.63, 3.8) is 0 Å². The first-order valence-electron chi connectivity index (χ1n) is 19.5. The summed E-state index contributed by atoms with van der Waals surface area (Å²) >= 11 is 1.81. The van der Waals surface area contributed by atoms with Crippen LogP contribution in [0.4, 0.5) is 0 Å². The molecule has 0 N–H and O–H groups in total. The average molecular weight is 757 g/mol. The smallest absolute Gasteiger partial charge is 0.164 e. The van der Waals surface area contributed by atoms with Gasteiger partial charge < -0.3 is 4.57 Å². The molecule has 4 nitrogen and oxygen atoms in total. The van der Waals surface area contributed by atoms with Crippen LogP contribution < -0.4 is 0 Å². The van der Waals surface area contributed by atoms with Crippen LogP contribution in [0.25, 0.3) is 115 Å². The van der Waals surface area contributed by atoms with E-state index in [2.05, 4.69) is 180 Å². The van der Waals surface area contributed by atoms with Crippen LogP contribution in [0.5, 0.6) is 0 Å². The minimum Gasteiger partial charge on any atom is -0.308 e. The van der Waals surface area contributed by atoms with Gasteiger partial charge in [-0.3, -0.25) is 0 Å². The molecule has 3 heterocycles. The van der Waals surface area contributed by atoms with E-state index in [-0.39, 0.29) is 0 Å². The van der Waals surface area contributed by atoms with Gasteiger partial charge in [-0.25, -0.2) is 15.0 Å². The minimum absolute atomic E-state index is 0.632. The van der Waals surface area contributed by atoms with E-state index in [9.17, 15) is 0 Å². The molecule has 0 aliphatic rings. The molecule has 0 aliphatic carbocycles. The molecular weight excluding hydrogens is 725 g/mol. The van der Waals surface area contributed by atoms with Crippen molar-refractivity contribution in [2.45, 2.75) is 0 Å². The van der Waals surface area contributed by atoms with Gasteiger partial charge in [0.25, 0.3) is 0 Å². The van der Waals surface area contributed by atoms with Crippen LogP contribution in [0, 0.1) is 0 Å². The summed E-state index contributed by atoms with van der Waals surface area (Å²) in [6, 6.07) is 69.3. The van der Waals surface area contributed by atoms with Crippen molar-refractivity contribution in [2.24, 2.45) is 0 Å². The van der Waals surface area contributed by atoms with Gasteiger partial charge in [-0.05, 0) is 70.3 Å². The lowest BCUT2D eigenvalue weighted by Gasteiger charge is -2.20. The summed E-state index contributed by atoms with van der Waals surface area (Å²) in [4.78, 5) is 15.8. The topological polar surface area (TPSA) is 43.6 Å². The fraction of sp³-hybridized carbons (Fsp3) is 0. The summed E-state index contributed by atoms with van der Waals surface area (Å²) in [5.74, 6) is 1.91. The number of benzene rings is 9. The number of rotatable bonds is 5. The Kier molecular flexibility index (Phi) is 7.37. The third kappa shape index (κ3) is 5.18. The fourth-order valence-electron chi connectivity index (χ4n) is 8.73. The van der Waals surface area contributed by atoms with Gasteiger partial charge in [0.1, 0.15) is 0 Å². The summed E-state index contributed by atoms with van der Waals surface area (Å²) in [5, 5.41) is 9.53. The maximum atomic E-state index is 5.36. The Hall–Kier alpha value is -7.47. The SMILES string of the molecule is c1ccc(-c2nc(-c3ccc4sc5ccccc5c4c3)nc(-c3cc(-c4ccccc4)c(-n4c5ccccc5c5cc6ccccc6cc54)c4ccccc34)n2)cc1. The summed E-state index contributed by atoms with van der Waals surface area (Å²) in [5.41, 5.74) is 8.51. The van der Waals surface area contributed by atoms with Gasteiger partial charge in [-0.1, -0.05) is 146 Å². The lowest BCUT2D eigenvalue weighted by Crippen LogP contribution is -2.03. The van der Waals surface area contributed by atoms with Gasteiger partial charge in [0.2, 0.25) is 0 Å². The second-order valence-electron chi connectivity index (χ2n) is 14.8. The lowest BCUT2D eigenvalue weighted by atomic mass is 9.93. The van der Waals surface area contributed by atoms with Gasteiger partial charge in [-0.2, -0.15) is 0 Å². The fourth-order valence-corrected chi connectivity index (χ4v) is 9.81. The van der Waals surface area contributed by atoms with E-state index < -0.39 is 0 Å². The Morgan fingerprint density at radius 1 is 0.328 bits per heavy atom. The Morgan fingerprint density at radius 2 is 0.914 bits per heavy atom. The van der Waals surface area contributed by atoms with Gasteiger partial charge in [0.15, 0.2) is 17.5 Å². The highest BCUT2D eigenvalue weighted by Gasteiger charge is 2.23. The molecule has 58 heavy (non-hydrogen) atoms. The molecular formula is C53H32N4S. The zero-order valence-corrected chi connectivity index (χ0v) is 32.0. The van der Waals surface area contributed by atoms with Crippen LogP contribution >= 0.6 is 11.3 Å². The van der Waals surface area contributed by atoms with Crippen LogP contribution in [0.2, 0.25) is 0 Å². The molecule has 12 aromatic rings. The van der Waals surface area contributed by atoms with Crippen molar-refractivity contribution in [3.8, 4) is 51.0 Å². The van der Waals surface area contributed by atoms with Crippen molar-refractivity contribution in [3.05, 3.63) is 194 Å². The van der Waals surface area contributed by atoms with Crippen molar-refractivity contribution < 1.29 is 0 Å². The number of aromatic nitrogens is 4. The van der Waals surface area contributed by atoms with E-state index in [0.29, 0.717) is 17.5 Å². The summed E-state index contributed by atoms with van der Waals surface area (Å²) in [7, 11) is 0. The molecule has 0 bridgehead atoms. The first-order chi connectivity index (χ1) is 28.7. The number of fused-ring (bicyclic) bond motifs is 8. The molecule has 5 heteroatoms. The zero-order chi connectivity index (χ0) is 38.2. The molecule has 0 fully saturated rings. The highest BCUT2D eigenvalue weighted by Crippen LogP contribution is 2.44. The Labute approximate surface area is 338 Å². The first kappa shape index (κ1) is 32.7. The normalized spacial score (nSPS) is 11.8. The zero-order valence-electron chi connectivity index (χ0n) is 31.2. The van der Waals surface area contributed by atoms with E-state index in [1.165, 1.54) is 47.2 Å². The average Bonchev–Trinajstić information content (AvgIpc) is 3.83. The summed E-state index contributed by atoms with van der Waals surface area (Å²) < 4.78 is 4.99. The Morgan fingerprint density at radius 3 is 1.71 bits per heavy atom. The molecule has 0 amide bonds. The maximum absolute atomic E-state index is 5.36. The monoisotopic (exact) mass is 756 g/mol. The molecule has 0 saturated carbocycles. The van der Waals surface area contributed by atoms with E-state index in [1.807, 2.05) is 29.5 Å². The van der Waals surface area contributed by atoms with Crippen molar-refractivity contribution in [2.75, 3.05) is 0 Å². The minimum atomic E-state index is 0.632. The Bertz CT molecular complexity index is 3570. The van der Waals surface area contributed by atoms with Gasteiger partial charge in [0.05, 0.1) is 16.7 Å². The summed E-state index contributed by atoms with van der Waals surface area (Å²) in [6.45, 7) is 0. The highest BCUT2D eigenvalue weighted by molar-refractivity contribution is 7.25. The molecule has 0 unspecified atom stereocenters. The third-order valence-corrected chi connectivity index (χ3v) is 12.6. The number of hydrogen-bond acceptors (Lipinski definition) is 4. The summed E-state index contributed by atoms with van der Waals surface area (Å²) in [6.07, 6.45) is 0. The molecule has 0 radical (unpaired) electrons. The van der Waals surface area contributed by atoms with E-state index >= 15 is 0 Å². The van der Waals surface area contributed by atoms with Gasteiger partial charge >= 0.3 is 0 Å². The molecule has 0 atom stereocenters. The Balaban J connectivity index is 1.17. The molecule has 270 valence electrons. The number of thiophene rings is 1. The second kappa shape index (κ2) is 13.1. The maximum Gasteiger partial charge on any atom is 0.164 e. The van der Waals surface area contributed by atoms with Crippen LogP contribution in [-0.2, 0) is 0 Å². The van der Waals surface area contributed by atoms with E-state index in [4.69, 9.17) is 15.0 Å². The molecule has 0 saturated heterocycles. The predicted octanol–water partition coefficient (Wildman–Crippen LogP) is 14.3. The number of para-hydroxylation sites is 1. The quantitative estimate of drug-likeness (QED) is 0.176. The molecule has 0 aliphatic heterocycles.